The Labute approximate surface area is 81.1 Å². The summed E-state index contributed by atoms with van der Waals surface area (Å²) in [7, 11) is 0. The number of rotatable bonds is 5. The van der Waals surface area contributed by atoms with Gasteiger partial charge in [0.25, 0.3) is 0 Å². The van der Waals surface area contributed by atoms with Crippen LogP contribution in [0.3, 0.4) is 0 Å². The van der Waals surface area contributed by atoms with E-state index >= 15 is 0 Å². The standard InChI is InChI=1S/C11H21NO/c1-4-5-10(13)12-8-11(6-7-11)9(2)3/h9H,4-8H2,1-3H3,(H,12,13). The SMILES string of the molecule is CCCC(=O)NCC1(C(C)C)CC1. The van der Waals surface area contributed by atoms with E-state index in [0.29, 0.717) is 17.8 Å². The Balaban J connectivity index is 2.22. The minimum atomic E-state index is 0.217. The smallest absolute Gasteiger partial charge is 0.220 e. The predicted molar refractivity (Wildman–Crippen MR) is 54.4 cm³/mol. The van der Waals surface area contributed by atoms with Gasteiger partial charge in [0.05, 0.1) is 0 Å². The fourth-order valence-electron chi connectivity index (χ4n) is 1.71. The maximum atomic E-state index is 11.2. The van der Waals surface area contributed by atoms with E-state index in [2.05, 4.69) is 19.2 Å². The van der Waals surface area contributed by atoms with Crippen molar-refractivity contribution in [1.29, 1.82) is 0 Å². The quantitative estimate of drug-likeness (QED) is 0.696. The zero-order valence-corrected chi connectivity index (χ0v) is 9.02. The van der Waals surface area contributed by atoms with Gasteiger partial charge in [-0.3, -0.25) is 4.79 Å². The third-order valence-corrected chi connectivity index (χ3v) is 3.23. The van der Waals surface area contributed by atoms with Crippen molar-refractivity contribution in [2.24, 2.45) is 11.3 Å². The predicted octanol–water partition coefficient (Wildman–Crippen LogP) is 2.34. The molecule has 0 radical (unpaired) electrons. The summed E-state index contributed by atoms with van der Waals surface area (Å²) >= 11 is 0. The monoisotopic (exact) mass is 183 g/mol. The molecule has 0 bridgehead atoms. The highest BCUT2D eigenvalue weighted by molar-refractivity contribution is 5.75. The lowest BCUT2D eigenvalue weighted by atomic mass is 9.92. The van der Waals surface area contributed by atoms with Crippen molar-refractivity contribution < 1.29 is 4.79 Å². The molecule has 1 rings (SSSR count). The number of carbonyl (C=O) groups excluding carboxylic acids is 1. The van der Waals surface area contributed by atoms with Gasteiger partial charge in [0, 0.05) is 13.0 Å². The first-order valence-corrected chi connectivity index (χ1v) is 5.37. The Kier molecular flexibility index (Phi) is 3.34. The highest BCUT2D eigenvalue weighted by atomic mass is 16.1. The Morgan fingerprint density at radius 1 is 1.46 bits per heavy atom. The van der Waals surface area contributed by atoms with Crippen molar-refractivity contribution in [3.05, 3.63) is 0 Å². The van der Waals surface area contributed by atoms with Crippen molar-refractivity contribution in [2.75, 3.05) is 6.54 Å². The molecule has 1 amide bonds. The number of hydrogen-bond acceptors (Lipinski definition) is 1. The Hall–Kier alpha value is -0.530. The molecule has 76 valence electrons. The summed E-state index contributed by atoms with van der Waals surface area (Å²) in [4.78, 5) is 11.2. The van der Waals surface area contributed by atoms with Crippen LogP contribution in [0.25, 0.3) is 0 Å². The molecule has 0 heterocycles. The van der Waals surface area contributed by atoms with Crippen LogP contribution < -0.4 is 5.32 Å². The van der Waals surface area contributed by atoms with Crippen LogP contribution in [0, 0.1) is 11.3 Å². The van der Waals surface area contributed by atoms with Gasteiger partial charge in [0.2, 0.25) is 5.91 Å². The van der Waals surface area contributed by atoms with Gasteiger partial charge in [-0.15, -0.1) is 0 Å². The van der Waals surface area contributed by atoms with Crippen LogP contribution in [0.15, 0.2) is 0 Å². The van der Waals surface area contributed by atoms with E-state index in [4.69, 9.17) is 0 Å². The van der Waals surface area contributed by atoms with E-state index in [0.717, 1.165) is 13.0 Å². The summed E-state index contributed by atoms with van der Waals surface area (Å²) in [6, 6.07) is 0. The molecule has 1 fully saturated rings. The summed E-state index contributed by atoms with van der Waals surface area (Å²) in [6.07, 6.45) is 4.20. The molecule has 0 aliphatic heterocycles. The first kappa shape index (κ1) is 10.6. The van der Waals surface area contributed by atoms with Crippen LogP contribution in [-0.2, 0) is 4.79 Å². The summed E-state index contributed by atoms with van der Waals surface area (Å²) < 4.78 is 0. The van der Waals surface area contributed by atoms with Gasteiger partial charge in [0.1, 0.15) is 0 Å². The second kappa shape index (κ2) is 4.12. The van der Waals surface area contributed by atoms with Gasteiger partial charge in [0.15, 0.2) is 0 Å². The molecule has 2 nitrogen and oxygen atoms in total. The Morgan fingerprint density at radius 3 is 2.46 bits per heavy atom. The van der Waals surface area contributed by atoms with Gasteiger partial charge in [-0.2, -0.15) is 0 Å². The lowest BCUT2D eigenvalue weighted by Crippen LogP contribution is -2.32. The third kappa shape index (κ3) is 2.71. The first-order valence-electron chi connectivity index (χ1n) is 5.37. The maximum absolute atomic E-state index is 11.2. The lowest BCUT2D eigenvalue weighted by molar-refractivity contribution is -0.121. The molecule has 1 N–H and O–H groups in total. The van der Waals surface area contributed by atoms with Crippen LogP contribution in [-0.4, -0.2) is 12.5 Å². The molecule has 0 aromatic heterocycles. The summed E-state index contributed by atoms with van der Waals surface area (Å²) in [5, 5.41) is 3.03. The van der Waals surface area contributed by atoms with Crippen molar-refractivity contribution in [3.8, 4) is 0 Å². The van der Waals surface area contributed by atoms with Crippen LogP contribution >= 0.6 is 0 Å². The van der Waals surface area contributed by atoms with E-state index in [1.165, 1.54) is 12.8 Å². The number of nitrogens with one attached hydrogen (secondary N) is 1. The van der Waals surface area contributed by atoms with Gasteiger partial charge in [-0.25, -0.2) is 0 Å². The molecule has 2 heteroatoms. The summed E-state index contributed by atoms with van der Waals surface area (Å²) in [5.74, 6) is 0.920. The van der Waals surface area contributed by atoms with Crippen molar-refractivity contribution in [2.45, 2.75) is 46.5 Å². The number of amides is 1. The van der Waals surface area contributed by atoms with E-state index in [9.17, 15) is 4.79 Å². The Morgan fingerprint density at radius 2 is 2.08 bits per heavy atom. The summed E-state index contributed by atoms with van der Waals surface area (Å²) in [6.45, 7) is 7.43. The minimum absolute atomic E-state index is 0.217. The van der Waals surface area contributed by atoms with E-state index in [1.807, 2.05) is 6.92 Å². The van der Waals surface area contributed by atoms with Crippen LogP contribution in [0.2, 0.25) is 0 Å². The molecule has 1 aliphatic rings. The molecule has 1 saturated carbocycles. The zero-order valence-electron chi connectivity index (χ0n) is 9.02. The Bertz CT molecular complexity index is 183. The fraction of sp³-hybridized carbons (Fsp3) is 0.909. The number of hydrogen-bond donors (Lipinski definition) is 1. The van der Waals surface area contributed by atoms with Crippen LogP contribution in [0.5, 0.6) is 0 Å². The third-order valence-electron chi connectivity index (χ3n) is 3.23. The average Bonchev–Trinajstić information content (AvgIpc) is 2.82. The normalized spacial score (nSPS) is 18.8. The molecule has 0 saturated heterocycles. The molecule has 1 aliphatic carbocycles. The molecule has 0 aromatic rings. The van der Waals surface area contributed by atoms with E-state index < -0.39 is 0 Å². The van der Waals surface area contributed by atoms with Crippen LogP contribution in [0.1, 0.15) is 46.5 Å². The highest BCUT2D eigenvalue weighted by Crippen LogP contribution is 2.51. The molecule has 0 spiro atoms. The lowest BCUT2D eigenvalue weighted by Gasteiger charge is -2.19. The van der Waals surface area contributed by atoms with Gasteiger partial charge in [-0.05, 0) is 30.6 Å². The molecule has 0 aromatic carbocycles. The topological polar surface area (TPSA) is 29.1 Å². The van der Waals surface area contributed by atoms with Crippen molar-refractivity contribution in [1.82, 2.24) is 5.32 Å². The highest BCUT2D eigenvalue weighted by Gasteiger charge is 2.45. The van der Waals surface area contributed by atoms with Crippen LogP contribution in [0.4, 0.5) is 0 Å². The summed E-state index contributed by atoms with van der Waals surface area (Å²) in [5.41, 5.74) is 0.448. The zero-order chi connectivity index (χ0) is 9.90. The second-order valence-corrected chi connectivity index (χ2v) is 4.54. The second-order valence-electron chi connectivity index (χ2n) is 4.54. The van der Waals surface area contributed by atoms with E-state index in [1.54, 1.807) is 0 Å². The van der Waals surface area contributed by atoms with Gasteiger partial charge in [-0.1, -0.05) is 20.8 Å². The largest absolute Gasteiger partial charge is 0.356 e. The minimum Gasteiger partial charge on any atom is -0.356 e. The fourth-order valence-corrected chi connectivity index (χ4v) is 1.71. The van der Waals surface area contributed by atoms with Crippen molar-refractivity contribution >= 4 is 5.91 Å². The molecule has 13 heavy (non-hydrogen) atoms. The van der Waals surface area contributed by atoms with Gasteiger partial charge < -0.3 is 5.32 Å². The molecular formula is C11H21NO. The maximum Gasteiger partial charge on any atom is 0.220 e. The molecular weight excluding hydrogens is 162 g/mol. The average molecular weight is 183 g/mol. The number of carbonyl (C=O) groups is 1. The van der Waals surface area contributed by atoms with Gasteiger partial charge >= 0.3 is 0 Å². The first-order chi connectivity index (χ1) is 6.10. The van der Waals surface area contributed by atoms with Crippen molar-refractivity contribution in [3.63, 3.8) is 0 Å². The van der Waals surface area contributed by atoms with E-state index in [-0.39, 0.29) is 5.91 Å². The molecule has 0 unspecified atom stereocenters. The molecule has 0 atom stereocenters.